The fraction of sp³-hybridized carbons (Fsp3) is 0.200. The van der Waals surface area contributed by atoms with Crippen LogP contribution in [-0.4, -0.2) is 27.8 Å². The van der Waals surface area contributed by atoms with Crippen molar-refractivity contribution in [2.24, 2.45) is 0 Å². The highest BCUT2D eigenvalue weighted by atomic mass is 16.4. The molecule has 6 nitrogen and oxygen atoms in total. The Labute approximate surface area is 120 Å². The molecule has 2 heterocycles. The molecule has 1 aromatic carbocycles. The van der Waals surface area contributed by atoms with Crippen molar-refractivity contribution in [3.63, 3.8) is 0 Å². The van der Waals surface area contributed by atoms with Gasteiger partial charge in [0.25, 0.3) is 5.91 Å². The molecule has 0 radical (unpaired) electrons. The number of aromatic nitrogens is 2. The van der Waals surface area contributed by atoms with E-state index >= 15 is 0 Å². The van der Waals surface area contributed by atoms with E-state index < -0.39 is 5.60 Å². The normalized spacial score (nSPS) is 14.0. The number of H-pyrrole nitrogens is 1. The largest absolute Gasteiger partial charge is 0.466 e. The number of hydrogen-bond acceptors (Lipinski definition) is 4. The SMILES string of the molecule is CC(O)(CNC(=O)c1ccc2[nH]ncc2c1)c1ccco1. The predicted molar refractivity (Wildman–Crippen MR) is 76.7 cm³/mol. The molecule has 0 aliphatic rings. The minimum atomic E-state index is -1.25. The van der Waals surface area contributed by atoms with Gasteiger partial charge in [-0.2, -0.15) is 5.10 Å². The second-order valence-corrected chi connectivity index (χ2v) is 5.11. The summed E-state index contributed by atoms with van der Waals surface area (Å²) in [6.45, 7) is 1.65. The zero-order chi connectivity index (χ0) is 14.9. The second kappa shape index (κ2) is 5.06. The molecule has 3 aromatic rings. The molecule has 1 atom stereocenters. The summed E-state index contributed by atoms with van der Waals surface area (Å²) in [6, 6.07) is 8.61. The summed E-state index contributed by atoms with van der Waals surface area (Å²) in [5, 5.41) is 20.6. The maximum absolute atomic E-state index is 12.1. The van der Waals surface area contributed by atoms with Crippen molar-refractivity contribution in [1.82, 2.24) is 15.5 Å². The van der Waals surface area contributed by atoms with E-state index in [0.29, 0.717) is 11.3 Å². The number of nitrogens with zero attached hydrogens (tertiary/aromatic N) is 1. The first-order chi connectivity index (χ1) is 10.1. The number of aliphatic hydroxyl groups is 1. The third kappa shape index (κ3) is 2.66. The lowest BCUT2D eigenvalue weighted by atomic mass is 10.0. The minimum Gasteiger partial charge on any atom is -0.466 e. The van der Waals surface area contributed by atoms with E-state index in [1.165, 1.54) is 6.26 Å². The molecule has 3 N–H and O–H groups in total. The molecule has 108 valence electrons. The third-order valence-corrected chi connectivity index (χ3v) is 3.35. The van der Waals surface area contributed by atoms with E-state index in [1.807, 2.05) is 0 Å². The Morgan fingerprint density at radius 2 is 2.33 bits per heavy atom. The van der Waals surface area contributed by atoms with Gasteiger partial charge in [0, 0.05) is 10.9 Å². The van der Waals surface area contributed by atoms with Gasteiger partial charge in [-0.1, -0.05) is 0 Å². The smallest absolute Gasteiger partial charge is 0.251 e. The highest BCUT2D eigenvalue weighted by molar-refractivity contribution is 5.97. The van der Waals surface area contributed by atoms with Crippen molar-refractivity contribution < 1.29 is 14.3 Å². The lowest BCUT2D eigenvalue weighted by Crippen LogP contribution is -2.38. The number of carbonyl (C=O) groups is 1. The summed E-state index contributed by atoms with van der Waals surface area (Å²) in [7, 11) is 0. The number of rotatable bonds is 4. The molecule has 0 saturated carbocycles. The number of hydrogen-bond donors (Lipinski definition) is 3. The van der Waals surface area contributed by atoms with Gasteiger partial charge in [-0.05, 0) is 37.3 Å². The molecular weight excluding hydrogens is 270 g/mol. The average Bonchev–Trinajstić information content (AvgIpc) is 3.14. The first kappa shape index (κ1) is 13.4. The molecule has 0 spiro atoms. The molecule has 0 aliphatic heterocycles. The molecule has 0 bridgehead atoms. The first-order valence-corrected chi connectivity index (χ1v) is 6.54. The maximum Gasteiger partial charge on any atom is 0.251 e. The number of nitrogens with one attached hydrogen (secondary N) is 2. The van der Waals surface area contributed by atoms with E-state index in [9.17, 15) is 9.90 Å². The number of aromatic amines is 1. The zero-order valence-corrected chi connectivity index (χ0v) is 11.5. The van der Waals surface area contributed by atoms with E-state index in [4.69, 9.17) is 4.42 Å². The Bertz CT molecular complexity index is 759. The van der Waals surface area contributed by atoms with Crippen molar-refractivity contribution in [1.29, 1.82) is 0 Å². The first-order valence-electron chi connectivity index (χ1n) is 6.54. The molecule has 3 rings (SSSR count). The zero-order valence-electron chi connectivity index (χ0n) is 11.5. The fourth-order valence-electron chi connectivity index (χ4n) is 2.11. The summed E-state index contributed by atoms with van der Waals surface area (Å²) < 4.78 is 5.17. The number of benzene rings is 1. The van der Waals surface area contributed by atoms with Gasteiger partial charge in [-0.25, -0.2) is 0 Å². The van der Waals surface area contributed by atoms with Crippen LogP contribution in [-0.2, 0) is 5.60 Å². The number of amides is 1. The maximum atomic E-state index is 12.1. The molecule has 0 saturated heterocycles. The summed E-state index contributed by atoms with van der Waals surface area (Å²) in [5.41, 5.74) is 0.132. The van der Waals surface area contributed by atoms with Crippen LogP contribution < -0.4 is 5.32 Å². The molecule has 6 heteroatoms. The Hall–Kier alpha value is -2.60. The molecule has 21 heavy (non-hydrogen) atoms. The summed E-state index contributed by atoms with van der Waals surface area (Å²) in [5.74, 6) is 0.151. The van der Waals surface area contributed by atoms with Crippen LogP contribution in [0, 0.1) is 0 Å². The molecular formula is C15H15N3O3. The van der Waals surface area contributed by atoms with Crippen LogP contribution >= 0.6 is 0 Å². The number of carbonyl (C=O) groups excluding carboxylic acids is 1. The van der Waals surface area contributed by atoms with Gasteiger partial charge in [-0.15, -0.1) is 0 Å². The van der Waals surface area contributed by atoms with Crippen LogP contribution in [0.25, 0.3) is 10.9 Å². The monoisotopic (exact) mass is 285 g/mol. The number of fused-ring (bicyclic) bond motifs is 1. The molecule has 1 unspecified atom stereocenters. The van der Waals surface area contributed by atoms with Gasteiger partial charge < -0.3 is 14.8 Å². The third-order valence-electron chi connectivity index (χ3n) is 3.35. The molecule has 0 fully saturated rings. The van der Waals surface area contributed by atoms with Crippen LogP contribution in [0.15, 0.2) is 47.2 Å². The predicted octanol–water partition coefficient (Wildman–Crippen LogP) is 1.79. The summed E-state index contributed by atoms with van der Waals surface area (Å²) in [6.07, 6.45) is 3.14. The van der Waals surface area contributed by atoms with Gasteiger partial charge in [0.15, 0.2) is 0 Å². The van der Waals surface area contributed by atoms with Crippen molar-refractivity contribution in [2.75, 3.05) is 6.54 Å². The van der Waals surface area contributed by atoms with Crippen LogP contribution in [0.4, 0.5) is 0 Å². The highest BCUT2D eigenvalue weighted by Gasteiger charge is 2.26. The van der Waals surface area contributed by atoms with Crippen molar-refractivity contribution in [2.45, 2.75) is 12.5 Å². The van der Waals surface area contributed by atoms with Crippen LogP contribution in [0.5, 0.6) is 0 Å². The Kier molecular flexibility index (Phi) is 3.23. The van der Waals surface area contributed by atoms with Gasteiger partial charge in [0.1, 0.15) is 11.4 Å². The molecule has 1 amide bonds. The van der Waals surface area contributed by atoms with Crippen LogP contribution in [0.3, 0.4) is 0 Å². The second-order valence-electron chi connectivity index (χ2n) is 5.11. The van der Waals surface area contributed by atoms with E-state index in [0.717, 1.165) is 10.9 Å². The van der Waals surface area contributed by atoms with E-state index in [1.54, 1.807) is 43.5 Å². The highest BCUT2D eigenvalue weighted by Crippen LogP contribution is 2.20. The van der Waals surface area contributed by atoms with Gasteiger partial charge in [0.05, 0.1) is 24.5 Å². The van der Waals surface area contributed by atoms with Gasteiger partial charge >= 0.3 is 0 Å². The topological polar surface area (TPSA) is 91.2 Å². The van der Waals surface area contributed by atoms with Crippen LogP contribution in [0.1, 0.15) is 23.0 Å². The van der Waals surface area contributed by atoms with Crippen molar-refractivity contribution in [3.05, 3.63) is 54.1 Å². The Morgan fingerprint density at radius 1 is 1.48 bits per heavy atom. The van der Waals surface area contributed by atoms with Gasteiger partial charge in [0.2, 0.25) is 0 Å². The van der Waals surface area contributed by atoms with E-state index in [-0.39, 0.29) is 12.5 Å². The van der Waals surface area contributed by atoms with Crippen LogP contribution in [0.2, 0.25) is 0 Å². The summed E-state index contributed by atoms with van der Waals surface area (Å²) >= 11 is 0. The molecule has 0 aliphatic carbocycles. The van der Waals surface area contributed by atoms with Gasteiger partial charge in [-0.3, -0.25) is 9.89 Å². The summed E-state index contributed by atoms with van der Waals surface area (Å²) in [4.78, 5) is 12.1. The van der Waals surface area contributed by atoms with E-state index in [2.05, 4.69) is 15.5 Å². The number of furan rings is 1. The van der Waals surface area contributed by atoms with Crippen molar-refractivity contribution in [3.8, 4) is 0 Å². The Morgan fingerprint density at radius 3 is 3.10 bits per heavy atom. The quantitative estimate of drug-likeness (QED) is 0.681. The average molecular weight is 285 g/mol. The lowest BCUT2D eigenvalue weighted by molar-refractivity contribution is 0.0330. The molecule has 2 aromatic heterocycles. The standard InChI is InChI=1S/C15H15N3O3/c1-15(20,13-3-2-6-21-13)9-16-14(19)10-4-5-12-11(7-10)8-17-18-12/h2-8,20H,9H2,1H3,(H,16,19)(H,17,18). The van der Waals surface area contributed by atoms with Crippen molar-refractivity contribution >= 4 is 16.8 Å². The fourth-order valence-corrected chi connectivity index (χ4v) is 2.11. The lowest BCUT2D eigenvalue weighted by Gasteiger charge is -2.21. The Balaban J connectivity index is 1.71. The minimum absolute atomic E-state index is 0.0583.